The zero-order valence-electron chi connectivity index (χ0n) is 17.6. The van der Waals surface area contributed by atoms with Crippen molar-refractivity contribution in [3.8, 4) is 5.69 Å². The molecule has 12 heteroatoms. The number of benzene rings is 2. The molecule has 0 radical (unpaired) electrons. The van der Waals surface area contributed by atoms with Crippen LogP contribution >= 0.6 is 27.5 Å². The molecule has 2 aromatic carbocycles. The number of imidazole rings is 1. The third-order valence-corrected chi connectivity index (χ3v) is 6.37. The van der Waals surface area contributed by atoms with Gasteiger partial charge in [-0.3, -0.25) is 0 Å². The van der Waals surface area contributed by atoms with Crippen LogP contribution in [0.5, 0.6) is 0 Å². The second kappa shape index (κ2) is 12.9. The van der Waals surface area contributed by atoms with Crippen molar-refractivity contribution >= 4 is 109 Å². The van der Waals surface area contributed by atoms with Crippen LogP contribution in [-0.2, 0) is 13.0 Å². The number of fused-ring (bicyclic) bond motifs is 1. The van der Waals surface area contributed by atoms with Crippen LogP contribution in [0.25, 0.3) is 16.6 Å². The zero-order valence-corrected chi connectivity index (χ0v) is 20.0. The number of nitrogens with zero attached hydrogens (tertiary/aromatic N) is 4. The SMILES string of the molecule is CCCCc1nc(Cl)c(C(=O)O)n1Cc1ccc2nn(-c3ccccc3C(=O)O)c(Br)c2c1.[NaH].[NaH]. The van der Waals surface area contributed by atoms with Crippen molar-refractivity contribution in [3.05, 3.63) is 74.9 Å². The van der Waals surface area contributed by atoms with Gasteiger partial charge in [-0.25, -0.2) is 19.3 Å². The summed E-state index contributed by atoms with van der Waals surface area (Å²) in [6.45, 7) is 2.33. The van der Waals surface area contributed by atoms with Crippen molar-refractivity contribution in [2.45, 2.75) is 32.7 Å². The molecule has 0 aliphatic carbocycles. The van der Waals surface area contributed by atoms with Gasteiger partial charge in [-0.2, -0.15) is 5.10 Å². The molecule has 0 saturated carbocycles. The van der Waals surface area contributed by atoms with Crippen LogP contribution < -0.4 is 0 Å². The number of carboxylic acid groups (broad SMARTS) is 2. The van der Waals surface area contributed by atoms with Crippen LogP contribution in [0.3, 0.4) is 0 Å². The first-order chi connectivity index (χ1) is 15.8. The van der Waals surface area contributed by atoms with Crippen LogP contribution in [0, 0.1) is 0 Å². The number of carbonyl (C=O) groups is 2. The summed E-state index contributed by atoms with van der Waals surface area (Å²) in [7, 11) is 0. The molecule has 8 nitrogen and oxygen atoms in total. The van der Waals surface area contributed by atoms with E-state index in [9.17, 15) is 19.8 Å². The first-order valence-corrected chi connectivity index (χ1v) is 11.5. The van der Waals surface area contributed by atoms with Crippen LogP contribution in [0.15, 0.2) is 47.1 Å². The number of rotatable bonds is 8. The number of carboxylic acids is 2. The minimum absolute atomic E-state index is 0. The van der Waals surface area contributed by atoms with Crippen molar-refractivity contribution in [2.24, 2.45) is 0 Å². The third kappa shape index (κ3) is 6.22. The Morgan fingerprint density at radius 2 is 1.80 bits per heavy atom. The Morgan fingerprint density at radius 3 is 2.46 bits per heavy atom. The van der Waals surface area contributed by atoms with E-state index in [1.165, 1.54) is 6.07 Å². The summed E-state index contributed by atoms with van der Waals surface area (Å²) < 4.78 is 3.78. The van der Waals surface area contributed by atoms with Gasteiger partial charge in [0, 0.05) is 18.4 Å². The normalized spacial score (nSPS) is 10.6. The molecule has 4 rings (SSSR count). The first-order valence-electron chi connectivity index (χ1n) is 10.3. The number of halogens is 2. The molecule has 0 aliphatic rings. The monoisotopic (exact) mass is 578 g/mol. The molecular formula is C23H22BrClN4Na2O4. The van der Waals surface area contributed by atoms with Gasteiger partial charge in [0.25, 0.3) is 0 Å². The molecule has 2 N–H and O–H groups in total. The van der Waals surface area contributed by atoms with E-state index in [4.69, 9.17) is 11.6 Å². The Labute approximate surface area is 259 Å². The Kier molecular flexibility index (Phi) is 11.1. The summed E-state index contributed by atoms with van der Waals surface area (Å²) >= 11 is 9.70. The molecular weight excluding hydrogens is 558 g/mol. The molecule has 0 fully saturated rings. The van der Waals surface area contributed by atoms with E-state index in [1.807, 2.05) is 18.2 Å². The van der Waals surface area contributed by atoms with Gasteiger partial charge in [0.15, 0.2) is 10.8 Å². The number of hydrogen-bond donors (Lipinski definition) is 2. The molecule has 2 heterocycles. The summed E-state index contributed by atoms with van der Waals surface area (Å²) in [5, 5.41) is 24.5. The van der Waals surface area contributed by atoms with Gasteiger partial charge in [0.05, 0.1) is 16.8 Å². The second-order valence-electron chi connectivity index (χ2n) is 7.54. The van der Waals surface area contributed by atoms with Gasteiger partial charge >= 0.3 is 71.1 Å². The van der Waals surface area contributed by atoms with Gasteiger partial charge in [0.2, 0.25) is 0 Å². The van der Waals surface area contributed by atoms with Crippen molar-refractivity contribution in [3.63, 3.8) is 0 Å². The van der Waals surface area contributed by atoms with Crippen molar-refractivity contribution in [1.82, 2.24) is 19.3 Å². The first kappa shape index (κ1) is 30.1. The molecule has 0 saturated heterocycles. The van der Waals surface area contributed by atoms with E-state index in [0.717, 1.165) is 23.8 Å². The number of aromatic nitrogens is 4. The van der Waals surface area contributed by atoms with Gasteiger partial charge in [-0.05, 0) is 52.2 Å². The summed E-state index contributed by atoms with van der Waals surface area (Å²) in [6, 6.07) is 12.2. The number of aromatic carboxylic acids is 2. The quantitative estimate of drug-likeness (QED) is 0.304. The van der Waals surface area contributed by atoms with E-state index in [2.05, 4.69) is 32.9 Å². The molecule has 2 aromatic heterocycles. The maximum absolute atomic E-state index is 11.8. The van der Waals surface area contributed by atoms with Crippen molar-refractivity contribution in [1.29, 1.82) is 0 Å². The molecule has 0 aliphatic heterocycles. The number of aryl methyl sites for hydroxylation is 1. The van der Waals surface area contributed by atoms with Crippen molar-refractivity contribution < 1.29 is 19.8 Å². The summed E-state index contributed by atoms with van der Waals surface area (Å²) in [4.78, 5) is 27.8. The summed E-state index contributed by atoms with van der Waals surface area (Å²) in [6.07, 6.45) is 2.44. The van der Waals surface area contributed by atoms with Crippen LogP contribution in [0.4, 0.5) is 0 Å². The predicted octanol–water partition coefficient (Wildman–Crippen LogP) is 4.13. The standard InChI is InChI=1S/C23H20BrClN4O4.2Na.2H/c1-2-3-8-18-26-21(25)19(23(32)33)28(18)12-13-9-10-16-15(11-13)20(24)29(27-16)17-7-5-4-6-14(17)22(30)31;;;;/h4-7,9-11H,2-3,8,12H2,1H3,(H,30,31)(H,32,33);;;;. The molecule has 0 atom stereocenters. The maximum atomic E-state index is 11.8. The Morgan fingerprint density at radius 1 is 1.09 bits per heavy atom. The molecule has 0 unspecified atom stereocenters. The topological polar surface area (TPSA) is 110 Å². The molecule has 174 valence electrons. The molecule has 0 bridgehead atoms. The van der Waals surface area contributed by atoms with E-state index in [1.54, 1.807) is 27.4 Å². The van der Waals surface area contributed by atoms with Crippen LogP contribution in [-0.4, -0.2) is 101 Å². The summed E-state index contributed by atoms with van der Waals surface area (Å²) in [5.74, 6) is -1.55. The average Bonchev–Trinajstić information content (AvgIpc) is 3.28. The van der Waals surface area contributed by atoms with Crippen molar-refractivity contribution in [2.75, 3.05) is 0 Å². The fourth-order valence-electron chi connectivity index (χ4n) is 3.75. The Hall–Kier alpha value is -1.17. The fourth-order valence-corrected chi connectivity index (χ4v) is 4.62. The van der Waals surface area contributed by atoms with Gasteiger partial charge in [-0.15, -0.1) is 0 Å². The Bertz CT molecular complexity index is 1390. The van der Waals surface area contributed by atoms with E-state index >= 15 is 0 Å². The number of unbranched alkanes of at least 4 members (excludes halogenated alkanes) is 1. The zero-order chi connectivity index (χ0) is 23.7. The van der Waals surface area contributed by atoms with Gasteiger partial charge < -0.3 is 14.8 Å². The van der Waals surface area contributed by atoms with Crippen LogP contribution in [0.1, 0.15) is 52.0 Å². The number of para-hydroxylation sites is 1. The third-order valence-electron chi connectivity index (χ3n) is 5.34. The Balaban J connectivity index is 0.00000216. The van der Waals surface area contributed by atoms with E-state index in [0.29, 0.717) is 28.1 Å². The van der Waals surface area contributed by atoms with Gasteiger partial charge in [-0.1, -0.05) is 43.1 Å². The fraction of sp³-hybridized carbons (Fsp3) is 0.217. The van der Waals surface area contributed by atoms with Gasteiger partial charge in [0.1, 0.15) is 10.4 Å². The predicted molar refractivity (Wildman–Crippen MR) is 142 cm³/mol. The average molecular weight is 580 g/mol. The second-order valence-corrected chi connectivity index (χ2v) is 8.65. The summed E-state index contributed by atoms with van der Waals surface area (Å²) in [5.41, 5.74) is 2.03. The van der Waals surface area contributed by atoms with Crippen LogP contribution in [0.2, 0.25) is 5.15 Å². The van der Waals surface area contributed by atoms with E-state index in [-0.39, 0.29) is 82.1 Å². The number of hydrogen-bond acceptors (Lipinski definition) is 4. The molecule has 4 aromatic rings. The van der Waals surface area contributed by atoms with E-state index < -0.39 is 11.9 Å². The minimum atomic E-state index is -1.13. The molecule has 0 amide bonds. The molecule has 35 heavy (non-hydrogen) atoms. The molecule has 0 spiro atoms.